The van der Waals surface area contributed by atoms with Crippen molar-refractivity contribution in [3.8, 4) is 56.4 Å². The van der Waals surface area contributed by atoms with E-state index in [0.717, 1.165) is 82.4 Å². The number of nitrogens with zero attached hydrogens (tertiary/aromatic N) is 3. The van der Waals surface area contributed by atoms with Crippen LogP contribution in [-0.2, 0) is 0 Å². The van der Waals surface area contributed by atoms with Gasteiger partial charge in [-0.1, -0.05) is 152 Å². The molecule has 10 rings (SSSR count). The first-order valence-corrected chi connectivity index (χ1v) is 17.1. The first kappa shape index (κ1) is 29.0. The largest absolute Gasteiger partial charge is 0.455 e. The number of aromatic nitrogens is 3. The molecule has 0 bridgehead atoms. The van der Waals surface area contributed by atoms with Crippen LogP contribution in [0.15, 0.2) is 180 Å². The molecular formula is C47H29N3O. The summed E-state index contributed by atoms with van der Waals surface area (Å²) in [6.07, 6.45) is 0. The minimum atomic E-state index is 0.591. The van der Waals surface area contributed by atoms with E-state index in [2.05, 4.69) is 121 Å². The van der Waals surface area contributed by atoms with Crippen molar-refractivity contribution in [2.75, 3.05) is 0 Å². The summed E-state index contributed by atoms with van der Waals surface area (Å²) in [6.45, 7) is 0. The van der Waals surface area contributed by atoms with Crippen LogP contribution in [0.3, 0.4) is 0 Å². The first-order valence-electron chi connectivity index (χ1n) is 17.1. The van der Waals surface area contributed by atoms with Crippen molar-refractivity contribution in [2.45, 2.75) is 0 Å². The van der Waals surface area contributed by atoms with Crippen LogP contribution in [-0.4, -0.2) is 15.0 Å². The van der Waals surface area contributed by atoms with Crippen LogP contribution in [0, 0.1) is 0 Å². The third kappa shape index (κ3) is 4.96. The van der Waals surface area contributed by atoms with Gasteiger partial charge in [0.2, 0.25) is 0 Å². The molecule has 2 heterocycles. The summed E-state index contributed by atoms with van der Waals surface area (Å²) in [6, 6.07) is 60.9. The number of furan rings is 1. The lowest BCUT2D eigenvalue weighted by atomic mass is 9.94. The summed E-state index contributed by atoms with van der Waals surface area (Å²) in [5.74, 6) is 1.82. The first-order chi connectivity index (χ1) is 25.3. The van der Waals surface area contributed by atoms with Crippen LogP contribution in [0.4, 0.5) is 0 Å². The highest BCUT2D eigenvalue weighted by Crippen LogP contribution is 2.44. The Bertz CT molecular complexity index is 2900. The second-order valence-corrected chi connectivity index (χ2v) is 12.8. The number of hydrogen-bond donors (Lipinski definition) is 0. The summed E-state index contributed by atoms with van der Waals surface area (Å²) in [5, 5.41) is 6.58. The molecular weight excluding hydrogens is 623 g/mol. The van der Waals surface area contributed by atoms with E-state index in [0.29, 0.717) is 17.5 Å². The van der Waals surface area contributed by atoms with E-state index in [1.807, 2.05) is 54.6 Å². The van der Waals surface area contributed by atoms with Gasteiger partial charge < -0.3 is 4.42 Å². The molecule has 0 aliphatic rings. The van der Waals surface area contributed by atoms with Crippen molar-refractivity contribution in [1.29, 1.82) is 0 Å². The molecule has 0 fully saturated rings. The Morgan fingerprint density at radius 3 is 1.61 bits per heavy atom. The number of rotatable bonds is 5. The van der Waals surface area contributed by atoms with Crippen LogP contribution in [0.2, 0.25) is 0 Å². The predicted molar refractivity (Wildman–Crippen MR) is 209 cm³/mol. The van der Waals surface area contributed by atoms with Gasteiger partial charge in [-0.05, 0) is 62.5 Å². The lowest BCUT2D eigenvalue weighted by Crippen LogP contribution is -2.01. The molecule has 0 aliphatic heterocycles. The Hall–Kier alpha value is -6.91. The second kappa shape index (κ2) is 11.9. The fourth-order valence-electron chi connectivity index (χ4n) is 7.32. The van der Waals surface area contributed by atoms with Crippen molar-refractivity contribution >= 4 is 43.5 Å². The van der Waals surface area contributed by atoms with Gasteiger partial charge in [0, 0.05) is 33.0 Å². The molecule has 0 radical (unpaired) electrons. The van der Waals surface area contributed by atoms with Crippen molar-refractivity contribution < 1.29 is 4.42 Å². The maximum absolute atomic E-state index is 6.79. The summed E-state index contributed by atoms with van der Waals surface area (Å²) in [5.41, 5.74) is 8.75. The summed E-state index contributed by atoms with van der Waals surface area (Å²) < 4.78 is 6.79. The third-order valence-electron chi connectivity index (χ3n) is 9.69. The maximum atomic E-state index is 6.79. The molecule has 51 heavy (non-hydrogen) atoms. The lowest BCUT2D eigenvalue weighted by molar-refractivity contribution is 0.670. The fraction of sp³-hybridized carbons (Fsp3) is 0. The van der Waals surface area contributed by atoms with Gasteiger partial charge in [-0.3, -0.25) is 0 Å². The van der Waals surface area contributed by atoms with Gasteiger partial charge in [0.25, 0.3) is 0 Å². The van der Waals surface area contributed by atoms with E-state index < -0.39 is 0 Å². The van der Waals surface area contributed by atoms with Crippen molar-refractivity contribution in [3.05, 3.63) is 176 Å². The third-order valence-corrected chi connectivity index (χ3v) is 9.69. The van der Waals surface area contributed by atoms with Gasteiger partial charge in [-0.15, -0.1) is 0 Å². The lowest BCUT2D eigenvalue weighted by Gasteiger charge is -2.14. The maximum Gasteiger partial charge on any atom is 0.164 e. The molecule has 0 amide bonds. The zero-order valence-corrected chi connectivity index (χ0v) is 27.5. The van der Waals surface area contributed by atoms with Crippen LogP contribution in [0.5, 0.6) is 0 Å². The Morgan fingerprint density at radius 1 is 0.353 bits per heavy atom. The number of fused-ring (bicyclic) bond motifs is 5. The molecule has 238 valence electrons. The Labute approximate surface area is 294 Å². The molecule has 0 atom stereocenters. The molecule has 4 heteroatoms. The highest BCUT2D eigenvalue weighted by molar-refractivity contribution is 6.21. The second-order valence-electron chi connectivity index (χ2n) is 12.8. The average Bonchev–Trinajstić information content (AvgIpc) is 3.58. The number of benzene rings is 8. The van der Waals surface area contributed by atoms with Gasteiger partial charge in [0.1, 0.15) is 11.2 Å². The van der Waals surface area contributed by atoms with E-state index in [9.17, 15) is 0 Å². The van der Waals surface area contributed by atoms with E-state index in [-0.39, 0.29) is 0 Å². The monoisotopic (exact) mass is 651 g/mol. The Balaban J connectivity index is 1.28. The Kier molecular flexibility index (Phi) is 6.78. The molecule has 0 saturated heterocycles. The van der Waals surface area contributed by atoms with Crippen LogP contribution in [0.1, 0.15) is 0 Å². The van der Waals surface area contributed by atoms with Gasteiger partial charge in [0.15, 0.2) is 17.5 Å². The van der Waals surface area contributed by atoms with E-state index in [1.54, 1.807) is 0 Å². The van der Waals surface area contributed by atoms with Crippen molar-refractivity contribution in [1.82, 2.24) is 15.0 Å². The van der Waals surface area contributed by atoms with E-state index in [4.69, 9.17) is 19.4 Å². The van der Waals surface area contributed by atoms with Crippen LogP contribution < -0.4 is 0 Å². The molecule has 0 unspecified atom stereocenters. The molecule has 10 aromatic rings. The van der Waals surface area contributed by atoms with Crippen LogP contribution in [0.25, 0.3) is 99.9 Å². The van der Waals surface area contributed by atoms with Gasteiger partial charge >= 0.3 is 0 Å². The molecule has 0 saturated carbocycles. The molecule has 0 aliphatic carbocycles. The SMILES string of the molecule is c1ccc(-c2nc(-c3cc4ccccc4cc3-c3ccccc3)nc(-c3cccc4oc5c(-c6ccccc6)c6ccccc6cc5c34)n2)cc1. The zero-order chi connectivity index (χ0) is 33.7. The number of hydrogen-bond acceptors (Lipinski definition) is 4. The zero-order valence-electron chi connectivity index (χ0n) is 27.5. The molecule has 2 aromatic heterocycles. The summed E-state index contributed by atoms with van der Waals surface area (Å²) in [4.78, 5) is 15.7. The van der Waals surface area contributed by atoms with Crippen LogP contribution >= 0.6 is 0 Å². The smallest absolute Gasteiger partial charge is 0.164 e. The Morgan fingerprint density at radius 2 is 0.902 bits per heavy atom. The highest BCUT2D eigenvalue weighted by Gasteiger charge is 2.22. The van der Waals surface area contributed by atoms with Gasteiger partial charge in [0.05, 0.1) is 0 Å². The molecule has 8 aromatic carbocycles. The molecule has 0 spiro atoms. The standard InChI is InChI=1S/C47H29N3O/c1-4-15-30(16-5-1)38-27-33-21-10-11-22-34(33)28-39(38)47-49-45(32-19-8-3-9-20-32)48-46(50-47)37-25-14-26-41-43(37)40-29-35-23-12-13-24-36(35)42(44(40)51-41)31-17-6-2-7-18-31/h1-29H. The molecule has 0 N–H and O–H groups in total. The highest BCUT2D eigenvalue weighted by atomic mass is 16.3. The summed E-state index contributed by atoms with van der Waals surface area (Å²) >= 11 is 0. The van der Waals surface area contributed by atoms with Gasteiger partial charge in [-0.2, -0.15) is 0 Å². The topological polar surface area (TPSA) is 51.8 Å². The quantitative estimate of drug-likeness (QED) is 0.186. The van der Waals surface area contributed by atoms with Crippen molar-refractivity contribution in [2.24, 2.45) is 0 Å². The summed E-state index contributed by atoms with van der Waals surface area (Å²) in [7, 11) is 0. The van der Waals surface area contributed by atoms with Crippen molar-refractivity contribution in [3.63, 3.8) is 0 Å². The molecule has 4 nitrogen and oxygen atoms in total. The fourth-order valence-corrected chi connectivity index (χ4v) is 7.32. The average molecular weight is 652 g/mol. The normalized spacial score (nSPS) is 11.5. The van der Waals surface area contributed by atoms with E-state index >= 15 is 0 Å². The van der Waals surface area contributed by atoms with E-state index in [1.165, 1.54) is 0 Å². The minimum Gasteiger partial charge on any atom is -0.455 e. The predicted octanol–water partition coefficient (Wildman–Crippen LogP) is 12.4. The minimum absolute atomic E-state index is 0.591. The van der Waals surface area contributed by atoms with Gasteiger partial charge in [-0.25, -0.2) is 15.0 Å².